The molecule has 1 aliphatic heterocycles. The SMILES string of the molecule is C=N/C=C(C#N)\C=C(/C)COc1cc(OCc2cccc(-c3cccc(Nc4nccc5cc(CN6CC[C@@H](O)C6)cnc45)c3C)c2C)c(Cl)cc1C=O. The van der Waals surface area contributed by atoms with Gasteiger partial charge in [0, 0.05) is 55.4 Å². The quantitative estimate of drug-likeness (QED) is 0.0497. The number of ether oxygens (including phenoxy) is 2. The fourth-order valence-electron chi connectivity index (χ4n) is 6.55. The van der Waals surface area contributed by atoms with Crippen LogP contribution in [0.2, 0.25) is 5.02 Å². The Bertz CT molecular complexity index is 2310. The second kappa shape index (κ2) is 17.3. The topological polar surface area (TPSA) is 133 Å². The summed E-state index contributed by atoms with van der Waals surface area (Å²) in [7, 11) is 0. The molecule has 5 aromatic rings. The predicted octanol–water partition coefficient (Wildman–Crippen LogP) is 8.70. The van der Waals surface area contributed by atoms with E-state index in [1.165, 1.54) is 12.3 Å². The Balaban J connectivity index is 1.19. The van der Waals surface area contributed by atoms with Crippen LogP contribution in [0.5, 0.6) is 11.5 Å². The van der Waals surface area contributed by atoms with Crippen LogP contribution in [0.4, 0.5) is 11.5 Å². The van der Waals surface area contributed by atoms with E-state index in [0.29, 0.717) is 35.7 Å². The molecular formula is C43H41ClN6O4. The van der Waals surface area contributed by atoms with Crippen molar-refractivity contribution in [1.29, 1.82) is 5.26 Å². The molecule has 2 aromatic heterocycles. The lowest BCUT2D eigenvalue weighted by atomic mass is 9.93. The Morgan fingerprint density at radius 1 is 1.11 bits per heavy atom. The lowest BCUT2D eigenvalue weighted by Gasteiger charge is -2.18. The first kappa shape index (κ1) is 37.9. The standard InChI is InChI=1S/C43H41ClN6O4/c1-27(15-30(19-45)20-46-4)25-53-40-18-41(38(44)17-34(40)24-51)54-26-33-7-5-8-36(28(33)2)37-9-6-10-39(29(37)3)49-43-42-32(11-13-47-43)16-31(21-48-42)22-50-14-12-35(52)23-50/h5-11,13,15-18,20-21,24,35,52H,4,12,14,22-23,25-26H2,1-3H3,(H,47,49)/b27-15+,30-20+/t35-/m1/s1. The van der Waals surface area contributed by atoms with E-state index in [0.717, 1.165) is 75.1 Å². The van der Waals surface area contributed by atoms with Crippen LogP contribution >= 0.6 is 11.6 Å². The van der Waals surface area contributed by atoms with Crippen molar-refractivity contribution < 1.29 is 19.4 Å². The largest absolute Gasteiger partial charge is 0.488 e. The van der Waals surface area contributed by atoms with Crippen LogP contribution in [0.25, 0.3) is 22.0 Å². The molecule has 0 bridgehead atoms. The number of β-amino-alcohol motifs (C(OH)–C–C–N with tert-alkyl or cyclic N) is 1. The Morgan fingerprint density at radius 3 is 2.65 bits per heavy atom. The minimum absolute atomic E-state index is 0.131. The van der Waals surface area contributed by atoms with Crippen LogP contribution in [0.1, 0.15) is 46.0 Å². The molecule has 0 aliphatic carbocycles. The molecule has 6 rings (SSSR count). The van der Waals surface area contributed by atoms with Crippen LogP contribution in [-0.4, -0.2) is 58.8 Å². The number of benzene rings is 3. The highest BCUT2D eigenvalue weighted by Crippen LogP contribution is 2.36. The van der Waals surface area contributed by atoms with Gasteiger partial charge in [-0.05, 0) is 103 Å². The number of aliphatic hydroxyl groups excluding tert-OH is 1. The van der Waals surface area contributed by atoms with Crippen molar-refractivity contribution in [3.8, 4) is 28.7 Å². The summed E-state index contributed by atoms with van der Waals surface area (Å²) in [6, 6.07) is 21.6. The number of allylic oxidation sites excluding steroid dienone is 2. The Labute approximate surface area is 320 Å². The zero-order chi connectivity index (χ0) is 38.2. The number of halogens is 1. The van der Waals surface area contributed by atoms with E-state index in [2.05, 4.69) is 59.0 Å². The zero-order valence-corrected chi connectivity index (χ0v) is 31.2. The summed E-state index contributed by atoms with van der Waals surface area (Å²) < 4.78 is 12.2. The van der Waals surface area contributed by atoms with Crippen LogP contribution in [-0.2, 0) is 13.2 Å². The van der Waals surface area contributed by atoms with Crippen molar-refractivity contribution in [3.63, 3.8) is 0 Å². The molecule has 274 valence electrons. The molecule has 1 atom stereocenters. The number of anilines is 2. The Kier molecular flexibility index (Phi) is 12.1. The third kappa shape index (κ3) is 8.84. The molecule has 54 heavy (non-hydrogen) atoms. The highest BCUT2D eigenvalue weighted by molar-refractivity contribution is 6.32. The minimum Gasteiger partial charge on any atom is -0.488 e. The summed E-state index contributed by atoms with van der Waals surface area (Å²) in [6.07, 6.45) is 7.92. The molecule has 0 amide bonds. The van der Waals surface area contributed by atoms with Crippen LogP contribution in [0, 0.1) is 25.2 Å². The summed E-state index contributed by atoms with van der Waals surface area (Å²) in [5, 5.41) is 24.0. The molecule has 1 fully saturated rings. The maximum atomic E-state index is 11.8. The number of nitriles is 1. The average molecular weight is 741 g/mol. The van der Waals surface area contributed by atoms with Crippen molar-refractivity contribution in [2.75, 3.05) is 25.0 Å². The number of nitrogens with zero attached hydrogens (tertiary/aromatic N) is 5. The number of fused-ring (bicyclic) bond motifs is 1. The van der Waals surface area contributed by atoms with E-state index in [4.69, 9.17) is 26.1 Å². The fraction of sp³-hybridized carbons (Fsp3) is 0.233. The number of aliphatic imine (C=N–C) groups is 1. The van der Waals surface area contributed by atoms with Crippen molar-refractivity contribution in [1.82, 2.24) is 14.9 Å². The smallest absolute Gasteiger partial charge is 0.156 e. The third-order valence-electron chi connectivity index (χ3n) is 9.42. The van der Waals surface area contributed by atoms with E-state index < -0.39 is 0 Å². The number of hydrogen-bond donors (Lipinski definition) is 2. The van der Waals surface area contributed by atoms with Gasteiger partial charge >= 0.3 is 0 Å². The van der Waals surface area contributed by atoms with Crippen molar-refractivity contribution in [2.24, 2.45) is 4.99 Å². The summed E-state index contributed by atoms with van der Waals surface area (Å²) in [6.45, 7) is 12.0. The van der Waals surface area contributed by atoms with E-state index in [1.807, 2.05) is 49.5 Å². The van der Waals surface area contributed by atoms with E-state index in [1.54, 1.807) is 18.3 Å². The molecule has 10 nitrogen and oxygen atoms in total. The molecule has 1 saturated heterocycles. The van der Waals surface area contributed by atoms with Gasteiger partial charge in [0.1, 0.15) is 36.3 Å². The Hall–Kier alpha value is -5.86. The highest BCUT2D eigenvalue weighted by atomic mass is 35.5. The van der Waals surface area contributed by atoms with Gasteiger partial charge in [-0.15, -0.1) is 0 Å². The van der Waals surface area contributed by atoms with Gasteiger partial charge in [0.25, 0.3) is 0 Å². The molecule has 0 unspecified atom stereocenters. The van der Waals surface area contributed by atoms with Gasteiger partial charge in [-0.25, -0.2) is 4.98 Å². The van der Waals surface area contributed by atoms with Crippen LogP contribution in [0.3, 0.4) is 0 Å². The van der Waals surface area contributed by atoms with Gasteiger partial charge in [0.15, 0.2) is 12.1 Å². The molecule has 11 heteroatoms. The number of carbonyl (C=O) groups is 1. The monoisotopic (exact) mass is 740 g/mol. The fourth-order valence-corrected chi connectivity index (χ4v) is 6.77. The van der Waals surface area contributed by atoms with Crippen LogP contribution in [0.15, 0.2) is 101 Å². The molecule has 0 spiro atoms. The number of aliphatic hydroxyl groups is 1. The molecular weight excluding hydrogens is 700 g/mol. The number of hydrogen-bond acceptors (Lipinski definition) is 10. The van der Waals surface area contributed by atoms with E-state index in [-0.39, 0.29) is 29.9 Å². The van der Waals surface area contributed by atoms with E-state index >= 15 is 0 Å². The number of pyridine rings is 2. The van der Waals surface area contributed by atoms with Gasteiger partial charge in [0.2, 0.25) is 0 Å². The first-order chi connectivity index (χ1) is 26.2. The molecule has 3 heterocycles. The van der Waals surface area contributed by atoms with Gasteiger partial charge in [0.05, 0.1) is 22.3 Å². The summed E-state index contributed by atoms with van der Waals surface area (Å²) >= 11 is 6.55. The molecule has 1 aliphatic rings. The molecule has 2 N–H and O–H groups in total. The highest BCUT2D eigenvalue weighted by Gasteiger charge is 2.21. The van der Waals surface area contributed by atoms with E-state index in [9.17, 15) is 15.2 Å². The Morgan fingerprint density at radius 2 is 1.91 bits per heavy atom. The second-order valence-corrected chi connectivity index (χ2v) is 13.7. The number of rotatable bonds is 14. The van der Waals surface area contributed by atoms with Gasteiger partial charge < -0.3 is 19.9 Å². The maximum Gasteiger partial charge on any atom is 0.156 e. The lowest BCUT2D eigenvalue weighted by Crippen LogP contribution is -2.21. The number of nitrogens with one attached hydrogen (secondary N) is 1. The van der Waals surface area contributed by atoms with Gasteiger partial charge in [-0.1, -0.05) is 41.9 Å². The first-order valence-electron chi connectivity index (χ1n) is 17.5. The molecule has 0 radical (unpaired) electrons. The number of carbonyl (C=O) groups excluding carboxylic acids is 1. The second-order valence-electron chi connectivity index (χ2n) is 13.3. The summed E-state index contributed by atoms with van der Waals surface area (Å²) in [5.41, 5.74) is 9.36. The zero-order valence-electron chi connectivity index (χ0n) is 30.5. The normalized spacial score (nSPS) is 14.9. The number of likely N-dealkylation sites (tertiary alicyclic amines) is 1. The van der Waals surface area contributed by atoms with Crippen molar-refractivity contribution >= 4 is 47.0 Å². The first-order valence-corrected chi connectivity index (χ1v) is 17.9. The van der Waals surface area contributed by atoms with Crippen molar-refractivity contribution in [2.45, 2.75) is 46.4 Å². The van der Waals surface area contributed by atoms with Gasteiger partial charge in [-0.2, -0.15) is 5.26 Å². The van der Waals surface area contributed by atoms with Crippen LogP contribution < -0.4 is 14.8 Å². The average Bonchev–Trinajstić information content (AvgIpc) is 3.58. The third-order valence-corrected chi connectivity index (χ3v) is 9.72. The summed E-state index contributed by atoms with van der Waals surface area (Å²) in [4.78, 5) is 27.2. The lowest BCUT2D eigenvalue weighted by molar-refractivity contribution is 0.111. The molecule has 3 aromatic carbocycles. The van der Waals surface area contributed by atoms with Crippen molar-refractivity contribution in [3.05, 3.63) is 129 Å². The van der Waals surface area contributed by atoms with Gasteiger partial charge in [-0.3, -0.25) is 19.7 Å². The molecule has 0 saturated carbocycles. The maximum absolute atomic E-state index is 11.8. The summed E-state index contributed by atoms with van der Waals surface area (Å²) in [5.74, 6) is 1.36. The number of aldehydes is 1. The predicted molar refractivity (Wildman–Crippen MR) is 214 cm³/mol. The number of aromatic nitrogens is 2. The minimum atomic E-state index is -0.257.